The van der Waals surface area contributed by atoms with Gasteiger partial charge in [-0.15, -0.1) is 0 Å². The molecule has 2 heterocycles. The van der Waals surface area contributed by atoms with E-state index in [1.165, 1.54) is 5.56 Å². The lowest BCUT2D eigenvalue weighted by Gasteiger charge is -2.08. The summed E-state index contributed by atoms with van der Waals surface area (Å²) in [5.41, 5.74) is 2.88. The molecule has 5 nitrogen and oxygen atoms in total. The first-order valence-electron chi connectivity index (χ1n) is 6.75. The maximum absolute atomic E-state index is 11.4. The van der Waals surface area contributed by atoms with Crippen molar-refractivity contribution in [2.75, 3.05) is 0 Å². The Bertz CT molecular complexity index is 794. The molecule has 0 saturated heterocycles. The van der Waals surface area contributed by atoms with Crippen molar-refractivity contribution in [3.63, 3.8) is 0 Å². The molecule has 0 spiro atoms. The topological polar surface area (TPSA) is 68.0 Å². The fraction of sp³-hybridized carbons (Fsp3) is 0.188. The van der Waals surface area contributed by atoms with Gasteiger partial charge in [-0.25, -0.2) is 9.78 Å². The van der Waals surface area contributed by atoms with Crippen LogP contribution in [0.5, 0.6) is 0 Å². The van der Waals surface area contributed by atoms with Crippen LogP contribution in [0, 0.1) is 6.92 Å². The molecule has 0 saturated carbocycles. The minimum absolute atomic E-state index is 0.294. The quantitative estimate of drug-likeness (QED) is 0.798. The average Bonchev–Trinajstić information content (AvgIpc) is 2.81. The standard InChI is InChI=1S/C16H15N3O2/c1-11-18-14-4-2-3-13(16(20)21)15(14)19(11)10-7-12-5-8-17-9-6-12/h2-6,8-9H,7,10H2,1H3,(H,20,21). The van der Waals surface area contributed by atoms with Crippen LogP contribution in [0.2, 0.25) is 0 Å². The number of fused-ring (bicyclic) bond motifs is 1. The summed E-state index contributed by atoms with van der Waals surface area (Å²) in [6.45, 7) is 2.59. The second-order valence-electron chi connectivity index (χ2n) is 4.89. The van der Waals surface area contributed by atoms with Gasteiger partial charge >= 0.3 is 5.97 Å². The molecule has 0 aliphatic carbocycles. The van der Waals surface area contributed by atoms with Crippen molar-refractivity contribution < 1.29 is 9.90 Å². The molecule has 0 radical (unpaired) electrons. The Labute approximate surface area is 121 Å². The number of hydrogen-bond donors (Lipinski definition) is 1. The van der Waals surface area contributed by atoms with E-state index >= 15 is 0 Å². The highest BCUT2D eigenvalue weighted by Gasteiger charge is 2.15. The van der Waals surface area contributed by atoms with Gasteiger partial charge in [0.15, 0.2) is 0 Å². The molecule has 0 bridgehead atoms. The van der Waals surface area contributed by atoms with Gasteiger partial charge in [-0.2, -0.15) is 0 Å². The predicted molar refractivity (Wildman–Crippen MR) is 79.4 cm³/mol. The van der Waals surface area contributed by atoms with Crippen molar-refractivity contribution in [3.8, 4) is 0 Å². The first kappa shape index (κ1) is 13.3. The summed E-state index contributed by atoms with van der Waals surface area (Å²) < 4.78 is 1.97. The molecule has 5 heteroatoms. The fourth-order valence-electron chi connectivity index (χ4n) is 2.54. The molecular formula is C16H15N3O2. The number of rotatable bonds is 4. The smallest absolute Gasteiger partial charge is 0.337 e. The van der Waals surface area contributed by atoms with E-state index in [2.05, 4.69) is 9.97 Å². The highest BCUT2D eigenvalue weighted by Crippen LogP contribution is 2.21. The third kappa shape index (κ3) is 2.50. The van der Waals surface area contributed by atoms with E-state index in [-0.39, 0.29) is 0 Å². The van der Waals surface area contributed by atoms with Crippen LogP contribution in [0.25, 0.3) is 11.0 Å². The predicted octanol–water partition coefficient (Wildman–Crippen LogP) is 2.68. The van der Waals surface area contributed by atoms with Crippen molar-refractivity contribution in [2.24, 2.45) is 0 Å². The summed E-state index contributed by atoms with van der Waals surface area (Å²) in [4.78, 5) is 19.9. The molecule has 0 atom stereocenters. The number of aryl methyl sites for hydroxylation is 3. The molecule has 1 N–H and O–H groups in total. The van der Waals surface area contributed by atoms with Gasteiger partial charge in [-0.05, 0) is 43.2 Å². The van der Waals surface area contributed by atoms with Gasteiger partial charge in [0.05, 0.1) is 16.6 Å². The third-order valence-electron chi connectivity index (χ3n) is 3.56. The van der Waals surface area contributed by atoms with Crippen LogP contribution in [0.4, 0.5) is 0 Å². The lowest BCUT2D eigenvalue weighted by molar-refractivity contribution is 0.0698. The van der Waals surface area contributed by atoms with Crippen LogP contribution >= 0.6 is 0 Å². The van der Waals surface area contributed by atoms with Crippen molar-refractivity contribution in [1.29, 1.82) is 0 Å². The van der Waals surface area contributed by atoms with Crippen LogP contribution in [0.15, 0.2) is 42.7 Å². The van der Waals surface area contributed by atoms with Crippen LogP contribution in [-0.4, -0.2) is 25.6 Å². The van der Waals surface area contributed by atoms with Crippen molar-refractivity contribution >= 4 is 17.0 Å². The van der Waals surface area contributed by atoms with Crippen molar-refractivity contribution in [2.45, 2.75) is 19.9 Å². The lowest BCUT2D eigenvalue weighted by Crippen LogP contribution is -2.07. The molecule has 2 aromatic heterocycles. The number of aromatic carboxylic acids is 1. The molecular weight excluding hydrogens is 266 g/mol. The maximum atomic E-state index is 11.4. The number of carboxylic acids is 1. The van der Waals surface area contributed by atoms with E-state index in [9.17, 15) is 9.90 Å². The van der Waals surface area contributed by atoms with Crippen LogP contribution in [0.1, 0.15) is 21.7 Å². The minimum Gasteiger partial charge on any atom is -0.478 e. The summed E-state index contributed by atoms with van der Waals surface area (Å²) in [5.74, 6) is -0.0987. The van der Waals surface area contributed by atoms with Gasteiger partial charge < -0.3 is 9.67 Å². The number of imidazole rings is 1. The van der Waals surface area contributed by atoms with E-state index in [0.29, 0.717) is 17.6 Å². The molecule has 3 aromatic rings. The number of benzene rings is 1. The molecule has 0 aliphatic heterocycles. The summed E-state index contributed by atoms with van der Waals surface area (Å²) in [5, 5.41) is 9.35. The van der Waals surface area contributed by atoms with Crippen LogP contribution < -0.4 is 0 Å². The molecule has 0 unspecified atom stereocenters. The first-order valence-corrected chi connectivity index (χ1v) is 6.75. The van der Waals surface area contributed by atoms with Gasteiger partial charge in [0.1, 0.15) is 5.82 Å². The van der Waals surface area contributed by atoms with Gasteiger partial charge in [-0.3, -0.25) is 4.98 Å². The van der Waals surface area contributed by atoms with Crippen LogP contribution in [0.3, 0.4) is 0 Å². The SMILES string of the molecule is Cc1nc2cccc(C(=O)O)c2n1CCc1ccncc1. The van der Waals surface area contributed by atoms with E-state index in [1.807, 2.05) is 29.7 Å². The summed E-state index contributed by atoms with van der Waals surface area (Å²) in [6.07, 6.45) is 4.33. The lowest BCUT2D eigenvalue weighted by atomic mass is 10.1. The Hall–Kier alpha value is -2.69. The first-order chi connectivity index (χ1) is 10.2. The maximum Gasteiger partial charge on any atom is 0.337 e. The number of aromatic nitrogens is 3. The number of para-hydroxylation sites is 1. The number of hydrogen-bond acceptors (Lipinski definition) is 3. The van der Waals surface area contributed by atoms with E-state index in [4.69, 9.17) is 0 Å². The molecule has 21 heavy (non-hydrogen) atoms. The largest absolute Gasteiger partial charge is 0.478 e. The minimum atomic E-state index is -0.925. The number of nitrogens with zero attached hydrogens (tertiary/aromatic N) is 3. The van der Waals surface area contributed by atoms with Crippen molar-refractivity contribution in [3.05, 3.63) is 59.7 Å². The number of carbonyl (C=O) groups is 1. The fourth-order valence-corrected chi connectivity index (χ4v) is 2.54. The van der Waals surface area contributed by atoms with Gasteiger partial charge in [0.2, 0.25) is 0 Å². The Morgan fingerprint density at radius 2 is 2.00 bits per heavy atom. The number of carboxylic acid groups (broad SMARTS) is 1. The summed E-state index contributed by atoms with van der Waals surface area (Å²) in [6, 6.07) is 9.12. The Kier molecular flexibility index (Phi) is 3.39. The summed E-state index contributed by atoms with van der Waals surface area (Å²) >= 11 is 0. The van der Waals surface area contributed by atoms with Gasteiger partial charge in [-0.1, -0.05) is 6.07 Å². The monoisotopic (exact) mass is 281 g/mol. The van der Waals surface area contributed by atoms with Crippen LogP contribution in [-0.2, 0) is 13.0 Å². The molecule has 0 amide bonds. The highest BCUT2D eigenvalue weighted by atomic mass is 16.4. The molecule has 106 valence electrons. The normalized spacial score (nSPS) is 10.9. The number of pyridine rings is 1. The highest BCUT2D eigenvalue weighted by molar-refractivity contribution is 6.01. The second-order valence-corrected chi connectivity index (χ2v) is 4.89. The molecule has 1 aromatic carbocycles. The average molecular weight is 281 g/mol. The molecule has 0 aliphatic rings. The molecule has 0 fully saturated rings. The Morgan fingerprint density at radius 1 is 1.24 bits per heavy atom. The van der Waals surface area contributed by atoms with Gasteiger partial charge in [0.25, 0.3) is 0 Å². The molecule has 3 rings (SSSR count). The zero-order valence-electron chi connectivity index (χ0n) is 11.7. The van der Waals surface area contributed by atoms with Gasteiger partial charge in [0, 0.05) is 18.9 Å². The van der Waals surface area contributed by atoms with E-state index in [1.54, 1.807) is 24.5 Å². The second kappa shape index (κ2) is 5.36. The Morgan fingerprint density at radius 3 is 2.71 bits per heavy atom. The Balaban J connectivity index is 2.01. The third-order valence-corrected chi connectivity index (χ3v) is 3.56. The zero-order chi connectivity index (χ0) is 14.8. The zero-order valence-corrected chi connectivity index (χ0v) is 11.7. The van der Waals surface area contributed by atoms with E-state index in [0.717, 1.165) is 17.8 Å². The van der Waals surface area contributed by atoms with Crippen molar-refractivity contribution in [1.82, 2.24) is 14.5 Å². The van der Waals surface area contributed by atoms with E-state index < -0.39 is 5.97 Å². The summed E-state index contributed by atoms with van der Waals surface area (Å²) in [7, 11) is 0.